The number of nitrogens with one attached hydrogen (secondary N) is 1. The van der Waals surface area contributed by atoms with Gasteiger partial charge in [0, 0.05) is 23.2 Å². The minimum absolute atomic E-state index is 0.0781. The molecule has 1 aromatic heterocycles. The zero-order chi connectivity index (χ0) is 15.8. The molecule has 0 spiro atoms. The van der Waals surface area contributed by atoms with E-state index in [1.165, 1.54) is 0 Å². The van der Waals surface area contributed by atoms with Crippen molar-refractivity contribution in [3.63, 3.8) is 0 Å². The number of aromatic nitrogens is 1. The number of benzene rings is 1. The van der Waals surface area contributed by atoms with E-state index in [1.807, 2.05) is 29.6 Å². The Morgan fingerprint density at radius 2 is 2.27 bits per heavy atom. The summed E-state index contributed by atoms with van der Waals surface area (Å²) in [6, 6.07) is 8.04. The molecule has 0 aliphatic heterocycles. The van der Waals surface area contributed by atoms with E-state index in [-0.39, 0.29) is 5.96 Å². The first-order valence-electron chi connectivity index (χ1n) is 7.04. The molecule has 2 aromatic rings. The van der Waals surface area contributed by atoms with Crippen molar-refractivity contribution in [1.29, 1.82) is 0 Å². The van der Waals surface area contributed by atoms with E-state index in [0.29, 0.717) is 6.54 Å². The van der Waals surface area contributed by atoms with Crippen LogP contribution in [0.5, 0.6) is 0 Å². The van der Waals surface area contributed by atoms with Crippen LogP contribution in [-0.2, 0) is 6.54 Å². The van der Waals surface area contributed by atoms with Crippen molar-refractivity contribution in [3.05, 3.63) is 34.7 Å². The predicted molar refractivity (Wildman–Crippen MR) is 94.3 cm³/mol. The monoisotopic (exact) mass is 316 g/mol. The Morgan fingerprint density at radius 3 is 3.05 bits per heavy atom. The Labute approximate surface area is 134 Å². The SMILES string of the molecule is CCCN=CNc1cccc(-c2csc(CN=C(N)N)n2)c1. The third-order valence-corrected chi connectivity index (χ3v) is 3.62. The maximum atomic E-state index is 5.33. The van der Waals surface area contributed by atoms with Crippen LogP contribution < -0.4 is 16.8 Å². The maximum Gasteiger partial charge on any atom is 0.186 e. The van der Waals surface area contributed by atoms with Crippen molar-refractivity contribution in [3.8, 4) is 11.3 Å². The van der Waals surface area contributed by atoms with Crippen molar-refractivity contribution in [1.82, 2.24) is 4.98 Å². The summed E-state index contributed by atoms with van der Waals surface area (Å²) in [5, 5.41) is 6.05. The zero-order valence-corrected chi connectivity index (χ0v) is 13.3. The number of rotatable bonds is 7. The van der Waals surface area contributed by atoms with Gasteiger partial charge < -0.3 is 16.8 Å². The number of thiazole rings is 1. The molecule has 0 saturated carbocycles. The van der Waals surface area contributed by atoms with E-state index in [9.17, 15) is 0 Å². The molecule has 7 heteroatoms. The van der Waals surface area contributed by atoms with Crippen LogP contribution in [0.2, 0.25) is 0 Å². The Hall–Kier alpha value is -2.41. The van der Waals surface area contributed by atoms with E-state index in [1.54, 1.807) is 17.7 Å². The first kappa shape index (κ1) is 16.0. The van der Waals surface area contributed by atoms with Gasteiger partial charge >= 0.3 is 0 Å². The molecule has 0 radical (unpaired) electrons. The van der Waals surface area contributed by atoms with E-state index in [4.69, 9.17) is 11.5 Å². The van der Waals surface area contributed by atoms with Crippen molar-refractivity contribution < 1.29 is 0 Å². The molecule has 0 amide bonds. The fourth-order valence-electron chi connectivity index (χ4n) is 1.76. The molecule has 0 aliphatic rings. The zero-order valence-electron chi connectivity index (χ0n) is 12.5. The van der Waals surface area contributed by atoms with Crippen molar-refractivity contribution in [2.75, 3.05) is 11.9 Å². The molecule has 6 nitrogen and oxygen atoms in total. The lowest BCUT2D eigenvalue weighted by Gasteiger charge is -2.02. The molecular weight excluding hydrogens is 296 g/mol. The van der Waals surface area contributed by atoms with Crippen LogP contribution in [0.3, 0.4) is 0 Å². The Kier molecular flexibility index (Phi) is 5.91. The molecular formula is C15H20N6S. The van der Waals surface area contributed by atoms with Crippen LogP contribution >= 0.6 is 11.3 Å². The van der Waals surface area contributed by atoms with Gasteiger partial charge in [0.05, 0.1) is 18.6 Å². The van der Waals surface area contributed by atoms with Gasteiger partial charge in [-0.2, -0.15) is 0 Å². The van der Waals surface area contributed by atoms with Crippen molar-refractivity contribution in [2.24, 2.45) is 21.5 Å². The van der Waals surface area contributed by atoms with Gasteiger partial charge in [0.15, 0.2) is 5.96 Å². The minimum atomic E-state index is 0.0781. The lowest BCUT2D eigenvalue weighted by Crippen LogP contribution is -2.22. The van der Waals surface area contributed by atoms with Gasteiger partial charge in [-0.3, -0.25) is 4.99 Å². The van der Waals surface area contributed by atoms with E-state index in [2.05, 4.69) is 27.2 Å². The molecule has 0 fully saturated rings. The molecule has 0 atom stereocenters. The van der Waals surface area contributed by atoms with Gasteiger partial charge in [0.2, 0.25) is 0 Å². The maximum absolute atomic E-state index is 5.33. The van der Waals surface area contributed by atoms with Crippen molar-refractivity contribution >= 4 is 29.3 Å². The topological polar surface area (TPSA) is 102 Å². The highest BCUT2D eigenvalue weighted by atomic mass is 32.1. The summed E-state index contributed by atoms with van der Waals surface area (Å²) < 4.78 is 0. The highest BCUT2D eigenvalue weighted by molar-refractivity contribution is 7.09. The highest BCUT2D eigenvalue weighted by Gasteiger charge is 2.05. The number of nitrogens with zero attached hydrogens (tertiary/aromatic N) is 3. The van der Waals surface area contributed by atoms with Gasteiger partial charge in [-0.15, -0.1) is 11.3 Å². The van der Waals surface area contributed by atoms with Crippen LogP contribution in [0, 0.1) is 0 Å². The number of nitrogens with two attached hydrogens (primary N) is 2. The minimum Gasteiger partial charge on any atom is -0.370 e. The number of guanidine groups is 1. The first-order chi connectivity index (χ1) is 10.7. The van der Waals surface area contributed by atoms with Crippen LogP contribution in [0.1, 0.15) is 18.4 Å². The van der Waals surface area contributed by atoms with Gasteiger partial charge in [-0.25, -0.2) is 9.98 Å². The summed E-state index contributed by atoms with van der Waals surface area (Å²) in [6.45, 7) is 3.33. The molecule has 116 valence electrons. The highest BCUT2D eigenvalue weighted by Crippen LogP contribution is 2.24. The first-order valence-corrected chi connectivity index (χ1v) is 7.92. The quantitative estimate of drug-likeness (QED) is 0.539. The van der Waals surface area contributed by atoms with Gasteiger partial charge in [0.1, 0.15) is 5.01 Å². The van der Waals surface area contributed by atoms with Gasteiger partial charge in [-0.05, 0) is 18.6 Å². The number of hydrogen-bond acceptors (Lipinski definition) is 4. The largest absolute Gasteiger partial charge is 0.370 e. The van der Waals surface area contributed by atoms with Crippen LogP contribution in [0.25, 0.3) is 11.3 Å². The fraction of sp³-hybridized carbons (Fsp3) is 0.267. The molecule has 22 heavy (non-hydrogen) atoms. The van der Waals surface area contributed by atoms with E-state index >= 15 is 0 Å². The standard InChI is InChI=1S/C15H20N6S/c1-2-6-18-10-20-12-5-3-4-11(7-12)13-9-22-14(21-13)8-19-15(16)17/h3-5,7,9-10H,2,6,8H2,1H3,(H,18,20)(H4,16,17,19). The fourth-order valence-corrected chi connectivity index (χ4v) is 2.48. The van der Waals surface area contributed by atoms with Crippen LogP contribution in [-0.4, -0.2) is 23.8 Å². The number of hydrogen-bond donors (Lipinski definition) is 3. The third-order valence-electron chi connectivity index (χ3n) is 2.78. The summed E-state index contributed by atoms with van der Waals surface area (Å²) in [6.07, 6.45) is 2.77. The number of anilines is 1. The summed E-state index contributed by atoms with van der Waals surface area (Å²) >= 11 is 1.54. The summed E-state index contributed by atoms with van der Waals surface area (Å²) in [7, 11) is 0. The lowest BCUT2D eigenvalue weighted by molar-refractivity contribution is 0.936. The summed E-state index contributed by atoms with van der Waals surface area (Å²) in [4.78, 5) is 12.8. The molecule has 5 N–H and O–H groups in total. The Bertz CT molecular complexity index is 658. The Morgan fingerprint density at radius 1 is 1.41 bits per heavy atom. The third kappa shape index (κ3) is 4.85. The van der Waals surface area contributed by atoms with Crippen LogP contribution in [0.15, 0.2) is 39.6 Å². The second kappa shape index (κ2) is 8.14. The molecule has 0 bridgehead atoms. The molecule has 2 rings (SSSR count). The molecule has 0 saturated heterocycles. The second-order valence-electron chi connectivity index (χ2n) is 4.63. The predicted octanol–water partition coefficient (Wildman–Crippen LogP) is 2.43. The van der Waals surface area contributed by atoms with Gasteiger partial charge in [-0.1, -0.05) is 19.1 Å². The molecule has 0 unspecified atom stereocenters. The molecule has 0 aliphatic carbocycles. The molecule has 1 heterocycles. The second-order valence-corrected chi connectivity index (χ2v) is 5.57. The lowest BCUT2D eigenvalue weighted by atomic mass is 10.1. The van der Waals surface area contributed by atoms with Gasteiger partial charge in [0.25, 0.3) is 0 Å². The average Bonchev–Trinajstić information content (AvgIpc) is 2.99. The van der Waals surface area contributed by atoms with Crippen molar-refractivity contribution in [2.45, 2.75) is 19.9 Å². The van der Waals surface area contributed by atoms with E-state index < -0.39 is 0 Å². The Balaban J connectivity index is 2.07. The average molecular weight is 316 g/mol. The normalized spacial score (nSPS) is 10.8. The summed E-state index contributed by atoms with van der Waals surface area (Å²) in [5.74, 6) is 0.0781. The van der Waals surface area contributed by atoms with Crippen LogP contribution in [0.4, 0.5) is 5.69 Å². The summed E-state index contributed by atoms with van der Waals surface area (Å²) in [5.41, 5.74) is 13.6. The van der Waals surface area contributed by atoms with E-state index in [0.717, 1.165) is 34.9 Å². The molecule has 1 aromatic carbocycles. The number of aliphatic imine (C=N–C) groups is 2. The smallest absolute Gasteiger partial charge is 0.186 e.